The van der Waals surface area contributed by atoms with Crippen molar-refractivity contribution in [2.45, 2.75) is 89.9 Å². The van der Waals surface area contributed by atoms with E-state index in [0.717, 1.165) is 18.3 Å². The number of hydrogen-bond acceptors (Lipinski definition) is 1. The number of carbonyl (C=O) groups is 1. The van der Waals surface area contributed by atoms with Gasteiger partial charge in [0, 0.05) is 11.0 Å². The molecular weight excluding hydrogens is 340 g/mol. The van der Waals surface area contributed by atoms with E-state index >= 15 is 0 Å². The van der Waals surface area contributed by atoms with Crippen molar-refractivity contribution in [3.8, 4) is 0 Å². The predicted molar refractivity (Wildman–Crippen MR) is 120 cm³/mol. The van der Waals surface area contributed by atoms with Crippen molar-refractivity contribution in [1.29, 1.82) is 0 Å². The average molecular weight is 377 g/mol. The summed E-state index contributed by atoms with van der Waals surface area (Å²) in [6.45, 7) is 14.2. The van der Waals surface area contributed by atoms with Crippen LogP contribution in [-0.4, -0.2) is 6.29 Å². The first-order chi connectivity index (χ1) is 13.1. The molecule has 0 spiro atoms. The summed E-state index contributed by atoms with van der Waals surface area (Å²) in [5, 5.41) is 0. The van der Waals surface area contributed by atoms with Gasteiger partial charge in [0.25, 0.3) is 0 Å². The first-order valence-corrected chi connectivity index (χ1v) is 10.9. The van der Waals surface area contributed by atoms with Crippen molar-refractivity contribution < 1.29 is 4.79 Å². The molecule has 1 heteroatoms. The number of rotatable bonds is 6. The standard InChI is InChI=1S/C27H36O/c1-7-8-15-27(6,21-11-9-20(19-28)10-12-21)22-13-14-23-24(18-22)26(4,5)17-16-25(23,2)3/h9-14,18-19H,7-8,15-17H2,1-6H3. The number of fused-ring (bicyclic) bond motifs is 1. The minimum atomic E-state index is -0.0376. The van der Waals surface area contributed by atoms with Gasteiger partial charge < -0.3 is 0 Å². The Bertz CT molecular complexity index is 841. The zero-order valence-electron chi connectivity index (χ0n) is 18.6. The van der Waals surface area contributed by atoms with Crippen molar-refractivity contribution >= 4 is 6.29 Å². The molecule has 0 aliphatic heterocycles. The highest BCUT2D eigenvalue weighted by atomic mass is 16.1. The van der Waals surface area contributed by atoms with Crippen molar-refractivity contribution in [1.82, 2.24) is 0 Å². The zero-order valence-corrected chi connectivity index (χ0v) is 18.6. The molecule has 0 radical (unpaired) electrons. The third-order valence-electron chi connectivity index (χ3n) is 7.20. The van der Waals surface area contributed by atoms with Crippen LogP contribution in [0.4, 0.5) is 0 Å². The van der Waals surface area contributed by atoms with Crippen molar-refractivity contribution in [2.24, 2.45) is 0 Å². The van der Waals surface area contributed by atoms with Gasteiger partial charge in [0.05, 0.1) is 0 Å². The molecule has 1 aliphatic rings. The average Bonchev–Trinajstić information content (AvgIpc) is 2.69. The lowest BCUT2D eigenvalue weighted by atomic mass is 9.61. The molecule has 0 N–H and O–H groups in total. The van der Waals surface area contributed by atoms with Gasteiger partial charge in [-0.2, -0.15) is 0 Å². The summed E-state index contributed by atoms with van der Waals surface area (Å²) < 4.78 is 0. The van der Waals surface area contributed by atoms with E-state index in [0.29, 0.717) is 0 Å². The molecule has 0 fully saturated rings. The smallest absolute Gasteiger partial charge is 0.150 e. The minimum Gasteiger partial charge on any atom is -0.298 e. The predicted octanol–water partition coefficient (Wildman–Crippen LogP) is 7.34. The first kappa shape index (κ1) is 20.8. The quantitative estimate of drug-likeness (QED) is 0.482. The van der Waals surface area contributed by atoms with Crippen LogP contribution in [0.2, 0.25) is 0 Å². The minimum absolute atomic E-state index is 0.0376. The Morgan fingerprint density at radius 1 is 0.893 bits per heavy atom. The van der Waals surface area contributed by atoms with Gasteiger partial charge >= 0.3 is 0 Å². The number of aldehydes is 1. The van der Waals surface area contributed by atoms with Gasteiger partial charge in [0.2, 0.25) is 0 Å². The Labute approximate surface area is 171 Å². The van der Waals surface area contributed by atoms with Gasteiger partial charge in [-0.3, -0.25) is 4.79 Å². The van der Waals surface area contributed by atoms with Crippen molar-refractivity contribution in [2.75, 3.05) is 0 Å². The Morgan fingerprint density at radius 2 is 1.46 bits per heavy atom. The molecule has 1 atom stereocenters. The SMILES string of the molecule is CCCCC(C)(c1ccc(C=O)cc1)c1ccc2c(c1)C(C)(C)CCC2(C)C. The van der Waals surface area contributed by atoms with Crippen LogP contribution in [0.3, 0.4) is 0 Å². The van der Waals surface area contributed by atoms with E-state index in [1.54, 1.807) is 0 Å². The third-order valence-corrected chi connectivity index (χ3v) is 7.20. The molecule has 0 aromatic heterocycles. The summed E-state index contributed by atoms with van der Waals surface area (Å²) in [4.78, 5) is 11.1. The molecule has 2 aromatic rings. The van der Waals surface area contributed by atoms with Crippen LogP contribution in [-0.2, 0) is 16.2 Å². The van der Waals surface area contributed by atoms with Gasteiger partial charge in [-0.25, -0.2) is 0 Å². The summed E-state index contributed by atoms with van der Waals surface area (Å²) in [5.74, 6) is 0. The lowest BCUT2D eigenvalue weighted by Crippen LogP contribution is -2.35. The fourth-order valence-electron chi connectivity index (χ4n) is 4.85. The number of unbranched alkanes of at least 4 members (excludes halogenated alkanes) is 1. The molecule has 28 heavy (non-hydrogen) atoms. The van der Waals surface area contributed by atoms with E-state index in [2.05, 4.69) is 71.9 Å². The normalized spacial score (nSPS) is 19.5. The van der Waals surface area contributed by atoms with Gasteiger partial charge in [-0.1, -0.05) is 96.8 Å². The highest BCUT2D eigenvalue weighted by molar-refractivity contribution is 5.74. The van der Waals surface area contributed by atoms with E-state index in [1.165, 1.54) is 47.9 Å². The second-order valence-electron chi connectivity index (χ2n) is 10.2. The lowest BCUT2D eigenvalue weighted by molar-refractivity contribution is 0.112. The van der Waals surface area contributed by atoms with E-state index in [4.69, 9.17) is 0 Å². The molecule has 0 saturated heterocycles. The van der Waals surface area contributed by atoms with E-state index in [-0.39, 0.29) is 16.2 Å². The van der Waals surface area contributed by atoms with Crippen molar-refractivity contribution in [3.63, 3.8) is 0 Å². The van der Waals surface area contributed by atoms with Crippen molar-refractivity contribution in [3.05, 3.63) is 70.3 Å². The molecular formula is C27H36O. The van der Waals surface area contributed by atoms with Gasteiger partial charge in [-0.15, -0.1) is 0 Å². The molecule has 1 aliphatic carbocycles. The molecule has 0 amide bonds. The summed E-state index contributed by atoms with van der Waals surface area (Å²) >= 11 is 0. The maximum Gasteiger partial charge on any atom is 0.150 e. The Morgan fingerprint density at radius 3 is 2.04 bits per heavy atom. The Kier molecular flexibility index (Phi) is 5.58. The van der Waals surface area contributed by atoms with Gasteiger partial charge in [-0.05, 0) is 52.3 Å². The molecule has 0 bridgehead atoms. The fraction of sp³-hybridized carbons (Fsp3) is 0.519. The zero-order chi connectivity index (χ0) is 20.6. The van der Waals surface area contributed by atoms with Crippen LogP contribution in [0.25, 0.3) is 0 Å². The van der Waals surface area contributed by atoms with Gasteiger partial charge in [0.15, 0.2) is 0 Å². The van der Waals surface area contributed by atoms with Crippen LogP contribution in [0.5, 0.6) is 0 Å². The largest absolute Gasteiger partial charge is 0.298 e. The lowest BCUT2D eigenvalue weighted by Gasteiger charge is -2.43. The molecule has 2 aromatic carbocycles. The van der Waals surface area contributed by atoms with Crippen LogP contribution in [0.15, 0.2) is 42.5 Å². The summed E-state index contributed by atoms with van der Waals surface area (Å²) in [6, 6.07) is 15.5. The highest BCUT2D eigenvalue weighted by Crippen LogP contribution is 2.48. The second kappa shape index (κ2) is 7.50. The highest BCUT2D eigenvalue weighted by Gasteiger charge is 2.38. The summed E-state index contributed by atoms with van der Waals surface area (Å²) in [7, 11) is 0. The van der Waals surface area contributed by atoms with E-state index < -0.39 is 0 Å². The summed E-state index contributed by atoms with van der Waals surface area (Å²) in [6.07, 6.45) is 6.90. The molecule has 150 valence electrons. The molecule has 1 nitrogen and oxygen atoms in total. The molecule has 3 rings (SSSR count). The summed E-state index contributed by atoms with van der Waals surface area (Å²) in [5.41, 5.74) is 6.92. The maximum atomic E-state index is 11.1. The van der Waals surface area contributed by atoms with E-state index in [9.17, 15) is 4.79 Å². The Balaban J connectivity index is 2.14. The Hall–Kier alpha value is -1.89. The van der Waals surface area contributed by atoms with E-state index in [1.807, 2.05) is 12.1 Å². The second-order valence-corrected chi connectivity index (χ2v) is 10.2. The van der Waals surface area contributed by atoms with Gasteiger partial charge in [0.1, 0.15) is 6.29 Å². The van der Waals surface area contributed by atoms with Crippen LogP contribution in [0, 0.1) is 0 Å². The van der Waals surface area contributed by atoms with Crippen LogP contribution >= 0.6 is 0 Å². The molecule has 0 heterocycles. The monoisotopic (exact) mass is 376 g/mol. The maximum absolute atomic E-state index is 11.1. The molecule has 0 saturated carbocycles. The number of carbonyl (C=O) groups excluding carboxylic acids is 1. The van der Waals surface area contributed by atoms with Crippen LogP contribution in [0.1, 0.15) is 106 Å². The topological polar surface area (TPSA) is 17.1 Å². The number of hydrogen-bond donors (Lipinski definition) is 0. The third kappa shape index (κ3) is 3.69. The molecule has 1 unspecified atom stereocenters. The van der Waals surface area contributed by atoms with Crippen LogP contribution < -0.4 is 0 Å². The fourth-order valence-corrected chi connectivity index (χ4v) is 4.85. The number of benzene rings is 2. The first-order valence-electron chi connectivity index (χ1n) is 10.9.